The van der Waals surface area contributed by atoms with Crippen molar-refractivity contribution in [2.75, 3.05) is 12.4 Å². The highest BCUT2D eigenvalue weighted by Crippen LogP contribution is 2.52. The van der Waals surface area contributed by atoms with Crippen LogP contribution in [0.15, 0.2) is 36.5 Å². The molecule has 36 heavy (non-hydrogen) atoms. The number of aromatic nitrogens is 4. The number of aliphatic carboxylic acids is 1. The van der Waals surface area contributed by atoms with Crippen molar-refractivity contribution in [3.63, 3.8) is 0 Å². The molecule has 3 N–H and O–H groups in total. The van der Waals surface area contributed by atoms with Crippen LogP contribution in [0.4, 0.5) is 10.3 Å². The smallest absolute Gasteiger partial charge is 0.303 e. The van der Waals surface area contributed by atoms with Crippen LogP contribution in [0.3, 0.4) is 0 Å². The number of anilines is 1. The summed E-state index contributed by atoms with van der Waals surface area (Å²) in [6.45, 7) is 8.12. The van der Waals surface area contributed by atoms with E-state index in [0.717, 1.165) is 23.5 Å². The summed E-state index contributed by atoms with van der Waals surface area (Å²) in [6, 6.07) is 8.12. The first kappa shape index (κ1) is 25.8. The molecule has 0 saturated heterocycles. The summed E-state index contributed by atoms with van der Waals surface area (Å²) >= 11 is 0. The summed E-state index contributed by atoms with van der Waals surface area (Å²) in [5.41, 5.74) is 2.62. The van der Waals surface area contributed by atoms with Crippen molar-refractivity contribution >= 4 is 11.9 Å². The number of carboxylic acid groups (broad SMARTS) is 1. The predicted octanol–water partition coefficient (Wildman–Crippen LogP) is 4.91. The molecule has 2 aromatic heterocycles. The Labute approximate surface area is 210 Å². The van der Waals surface area contributed by atoms with Crippen molar-refractivity contribution in [1.29, 1.82) is 0 Å². The van der Waals surface area contributed by atoms with Gasteiger partial charge in [0.2, 0.25) is 5.95 Å². The van der Waals surface area contributed by atoms with E-state index in [9.17, 15) is 14.3 Å². The molecule has 192 valence electrons. The van der Waals surface area contributed by atoms with Gasteiger partial charge in [-0.1, -0.05) is 27.7 Å². The van der Waals surface area contributed by atoms with E-state index in [-0.39, 0.29) is 35.5 Å². The summed E-state index contributed by atoms with van der Waals surface area (Å²) in [7, 11) is 1.75. The first-order valence-corrected chi connectivity index (χ1v) is 12.3. The van der Waals surface area contributed by atoms with Crippen LogP contribution in [0.25, 0.3) is 22.6 Å². The van der Waals surface area contributed by atoms with Crippen LogP contribution in [0.2, 0.25) is 0 Å². The number of hydrogen-bond acceptors (Lipinski definition) is 6. The number of hydrogen-bond donors (Lipinski definition) is 3. The van der Waals surface area contributed by atoms with Gasteiger partial charge in [0.15, 0.2) is 0 Å². The Hall–Kier alpha value is -3.33. The molecule has 0 bridgehead atoms. The summed E-state index contributed by atoms with van der Waals surface area (Å²) in [5.74, 6) is -0.0235. The third-order valence-electron chi connectivity index (χ3n) is 6.62. The second-order valence-electron chi connectivity index (χ2n) is 10.7. The molecule has 0 spiro atoms. The zero-order valence-corrected chi connectivity index (χ0v) is 21.4. The zero-order chi connectivity index (χ0) is 26.2. The largest absolute Gasteiger partial charge is 0.481 e. The molecule has 1 saturated carbocycles. The summed E-state index contributed by atoms with van der Waals surface area (Å²) < 4.78 is 16.0. The Morgan fingerprint density at radius 2 is 1.92 bits per heavy atom. The van der Waals surface area contributed by atoms with E-state index in [2.05, 4.69) is 40.6 Å². The first-order chi connectivity index (χ1) is 17.0. The fourth-order valence-electron chi connectivity index (χ4n) is 4.84. The van der Waals surface area contributed by atoms with Gasteiger partial charge in [-0.2, -0.15) is 0 Å². The molecule has 0 amide bonds. The Balaban J connectivity index is 1.82. The van der Waals surface area contributed by atoms with Crippen LogP contribution >= 0.6 is 0 Å². The number of nitrogens with one attached hydrogen (secondary N) is 1. The fraction of sp³-hybridized carbons (Fsp3) is 0.481. The van der Waals surface area contributed by atoms with Crippen molar-refractivity contribution in [3.05, 3.63) is 48.2 Å². The molecule has 2 heterocycles. The quantitative estimate of drug-likeness (QED) is 0.387. The summed E-state index contributed by atoms with van der Waals surface area (Å²) in [5, 5.41) is 23.0. The number of carboxylic acids is 1. The van der Waals surface area contributed by atoms with Crippen molar-refractivity contribution in [2.24, 2.45) is 11.8 Å². The highest BCUT2D eigenvalue weighted by atomic mass is 19.1. The highest BCUT2D eigenvalue weighted by Gasteiger charge is 2.47. The number of nitrogens with zero attached hydrogens (tertiary/aromatic N) is 4. The van der Waals surface area contributed by atoms with Gasteiger partial charge in [-0.05, 0) is 49.1 Å². The fourth-order valence-corrected chi connectivity index (χ4v) is 4.84. The van der Waals surface area contributed by atoms with E-state index in [1.54, 1.807) is 31.4 Å². The maximum absolute atomic E-state index is 13.8. The number of aliphatic hydroxyl groups excluding tert-OH is 1. The lowest BCUT2D eigenvalue weighted by Gasteiger charge is -2.23. The second kappa shape index (κ2) is 9.97. The van der Waals surface area contributed by atoms with Gasteiger partial charge in [-0.3, -0.25) is 4.79 Å². The van der Waals surface area contributed by atoms with Crippen molar-refractivity contribution in [3.8, 4) is 22.6 Å². The molecule has 0 aliphatic heterocycles. The lowest BCUT2D eigenvalue weighted by Crippen LogP contribution is -2.22. The van der Waals surface area contributed by atoms with Gasteiger partial charge < -0.3 is 20.1 Å². The van der Waals surface area contributed by atoms with Crippen LogP contribution < -0.4 is 5.32 Å². The minimum atomic E-state index is -0.860. The van der Waals surface area contributed by atoms with Gasteiger partial charge in [0.1, 0.15) is 17.3 Å². The molecule has 1 aromatic carbocycles. The average Bonchev–Trinajstić information content (AvgIpc) is 3.50. The molecule has 4 rings (SSSR count). The van der Waals surface area contributed by atoms with Crippen LogP contribution in [-0.2, 0) is 10.2 Å². The molecule has 1 aliphatic carbocycles. The molecular formula is C27H34FN5O3. The van der Waals surface area contributed by atoms with Gasteiger partial charge in [-0.25, -0.2) is 19.3 Å². The standard InChI is InChI=1S/C27H34FN5O3/c1-15(13-22(35)36)12-21(34)18-14-20(18)33-24(16-6-8-17(28)9-7-16)23(32-25(33)27(2,3)4)19-10-11-30-26(29-5)31-19/h6-11,15,18,20-21,34H,12-14H2,1-5H3,(H,35,36)(H,29,30,31)/t15?,18-,20?,21?/m0/s1. The number of benzene rings is 1. The highest BCUT2D eigenvalue weighted by molar-refractivity contribution is 5.78. The Bertz CT molecular complexity index is 1240. The minimum absolute atomic E-state index is 0.0156. The SMILES string of the molecule is CNc1nccc(-c2nc(C(C)(C)C)n(C3C[C@@H]3C(O)CC(C)CC(=O)O)c2-c2ccc(F)cc2)n1. The van der Waals surface area contributed by atoms with Crippen molar-refractivity contribution < 1.29 is 19.4 Å². The van der Waals surface area contributed by atoms with Gasteiger partial charge in [0.25, 0.3) is 0 Å². The number of rotatable bonds is 9. The van der Waals surface area contributed by atoms with E-state index in [1.807, 2.05) is 6.92 Å². The van der Waals surface area contributed by atoms with E-state index >= 15 is 0 Å². The molecule has 9 heteroatoms. The Morgan fingerprint density at radius 3 is 2.53 bits per heavy atom. The molecule has 3 aromatic rings. The topological polar surface area (TPSA) is 113 Å². The van der Waals surface area contributed by atoms with Gasteiger partial charge in [0, 0.05) is 42.6 Å². The third-order valence-corrected chi connectivity index (χ3v) is 6.62. The van der Waals surface area contributed by atoms with Crippen molar-refractivity contribution in [2.45, 2.75) is 64.5 Å². The van der Waals surface area contributed by atoms with Crippen LogP contribution in [0.1, 0.15) is 58.8 Å². The number of carbonyl (C=O) groups is 1. The summed E-state index contributed by atoms with van der Waals surface area (Å²) in [6.07, 6.45) is 2.24. The molecule has 3 unspecified atom stereocenters. The molecule has 0 radical (unpaired) electrons. The average molecular weight is 496 g/mol. The maximum atomic E-state index is 13.8. The van der Waals surface area contributed by atoms with E-state index in [4.69, 9.17) is 10.1 Å². The van der Waals surface area contributed by atoms with Crippen LogP contribution in [-0.4, -0.2) is 48.9 Å². The van der Waals surface area contributed by atoms with Crippen molar-refractivity contribution in [1.82, 2.24) is 19.5 Å². The Kier molecular flexibility index (Phi) is 7.13. The summed E-state index contributed by atoms with van der Waals surface area (Å²) in [4.78, 5) is 25.0. The molecule has 8 nitrogen and oxygen atoms in total. The molecule has 4 atom stereocenters. The third kappa shape index (κ3) is 5.41. The predicted molar refractivity (Wildman–Crippen MR) is 136 cm³/mol. The lowest BCUT2D eigenvalue weighted by molar-refractivity contribution is -0.138. The van der Waals surface area contributed by atoms with E-state index in [1.165, 1.54) is 12.1 Å². The van der Waals surface area contributed by atoms with E-state index in [0.29, 0.717) is 23.8 Å². The molecule has 1 aliphatic rings. The molecule has 1 fully saturated rings. The number of aliphatic hydroxyl groups is 1. The zero-order valence-electron chi connectivity index (χ0n) is 21.4. The maximum Gasteiger partial charge on any atom is 0.303 e. The number of halogens is 1. The minimum Gasteiger partial charge on any atom is -0.481 e. The van der Waals surface area contributed by atoms with Crippen LogP contribution in [0, 0.1) is 17.7 Å². The van der Waals surface area contributed by atoms with Gasteiger partial charge in [0.05, 0.1) is 17.5 Å². The van der Waals surface area contributed by atoms with E-state index < -0.39 is 12.1 Å². The first-order valence-electron chi connectivity index (χ1n) is 12.3. The van der Waals surface area contributed by atoms with Crippen LogP contribution in [0.5, 0.6) is 0 Å². The molecular weight excluding hydrogens is 461 g/mol. The second-order valence-corrected chi connectivity index (χ2v) is 10.7. The Morgan fingerprint density at radius 1 is 1.22 bits per heavy atom. The monoisotopic (exact) mass is 495 g/mol. The normalized spacial score (nSPS) is 19.1. The van der Waals surface area contributed by atoms with Gasteiger partial charge >= 0.3 is 5.97 Å². The number of imidazole rings is 1. The van der Waals surface area contributed by atoms with Gasteiger partial charge in [-0.15, -0.1) is 0 Å². The lowest BCUT2D eigenvalue weighted by atomic mass is 9.95.